The largest absolute Gasteiger partial charge is 0.310 e. The molecule has 0 aliphatic rings. The fourth-order valence-corrected chi connectivity index (χ4v) is 2.63. The number of hydrogen-bond acceptors (Lipinski definition) is 2. The Morgan fingerprint density at radius 3 is 2.39 bits per heavy atom. The van der Waals surface area contributed by atoms with Crippen LogP contribution in [0, 0.1) is 0 Å². The van der Waals surface area contributed by atoms with Gasteiger partial charge < -0.3 is 4.57 Å². The van der Waals surface area contributed by atoms with Crippen LogP contribution in [0.4, 0.5) is 0 Å². The maximum Gasteiger partial charge on any atom is 0.310 e. The van der Waals surface area contributed by atoms with Crippen LogP contribution in [-0.2, 0) is 10.1 Å². The molecule has 0 saturated heterocycles. The Kier molecular flexibility index (Phi) is 3.28. The molecule has 4 nitrogen and oxygen atoms in total. The lowest BCUT2D eigenvalue weighted by Gasteiger charge is -2.15. The van der Waals surface area contributed by atoms with Crippen molar-refractivity contribution in [2.45, 2.75) is 24.8 Å². The molecule has 1 N–H and O–H groups in total. The predicted octanol–water partition coefficient (Wildman–Crippen LogP) is 2.85. The van der Waals surface area contributed by atoms with Crippen LogP contribution in [0.5, 0.6) is 0 Å². The zero-order valence-corrected chi connectivity index (χ0v) is 11.1. The number of hydrogen-bond donors (Lipinski definition) is 1. The van der Waals surface area contributed by atoms with Crippen molar-refractivity contribution in [2.24, 2.45) is 0 Å². The summed E-state index contributed by atoms with van der Waals surface area (Å²) in [6, 6.07) is 10.5. The van der Waals surface area contributed by atoms with E-state index in [0.29, 0.717) is 0 Å². The van der Waals surface area contributed by atoms with E-state index in [4.69, 9.17) is 0 Å². The van der Waals surface area contributed by atoms with E-state index in [1.165, 1.54) is 10.6 Å². The number of para-hydroxylation sites is 1. The Morgan fingerprint density at radius 1 is 1.11 bits per heavy atom. The van der Waals surface area contributed by atoms with Crippen LogP contribution in [0.25, 0.3) is 5.69 Å². The molecular weight excluding hydrogens is 250 g/mol. The predicted molar refractivity (Wildman–Crippen MR) is 69.7 cm³/mol. The van der Waals surface area contributed by atoms with Gasteiger partial charge >= 0.3 is 10.1 Å². The van der Waals surface area contributed by atoms with Gasteiger partial charge in [0.15, 0.2) is 5.03 Å². The molecule has 96 valence electrons. The quantitative estimate of drug-likeness (QED) is 0.868. The van der Waals surface area contributed by atoms with Crippen LogP contribution in [0.3, 0.4) is 0 Å². The van der Waals surface area contributed by atoms with Gasteiger partial charge in [-0.25, -0.2) is 0 Å². The molecule has 0 saturated carbocycles. The molecule has 1 aromatic carbocycles. The Bertz CT molecular complexity index is 656. The van der Waals surface area contributed by atoms with Crippen molar-refractivity contribution < 1.29 is 13.0 Å². The van der Waals surface area contributed by atoms with E-state index >= 15 is 0 Å². The maximum absolute atomic E-state index is 11.3. The Labute approximate surface area is 107 Å². The highest BCUT2D eigenvalue weighted by molar-refractivity contribution is 7.85. The molecule has 5 heteroatoms. The summed E-state index contributed by atoms with van der Waals surface area (Å²) in [5, 5.41) is -0.115. The fourth-order valence-electron chi connectivity index (χ4n) is 1.97. The lowest BCUT2D eigenvalue weighted by molar-refractivity contribution is 0.477. The van der Waals surface area contributed by atoms with Crippen molar-refractivity contribution in [2.75, 3.05) is 0 Å². The first-order chi connectivity index (χ1) is 8.41. The van der Waals surface area contributed by atoms with Crippen molar-refractivity contribution in [3.05, 3.63) is 48.2 Å². The third kappa shape index (κ3) is 2.32. The SMILES string of the molecule is CC(C)c1ccccc1-n1cccc1S(=O)(=O)O. The van der Waals surface area contributed by atoms with Gasteiger partial charge in [-0.1, -0.05) is 32.0 Å². The molecule has 0 aliphatic heterocycles. The van der Waals surface area contributed by atoms with E-state index in [9.17, 15) is 13.0 Å². The number of nitrogens with zero attached hydrogens (tertiary/aromatic N) is 1. The van der Waals surface area contributed by atoms with E-state index < -0.39 is 10.1 Å². The van der Waals surface area contributed by atoms with Gasteiger partial charge in [0.25, 0.3) is 0 Å². The summed E-state index contributed by atoms with van der Waals surface area (Å²) >= 11 is 0. The van der Waals surface area contributed by atoms with E-state index in [2.05, 4.69) is 0 Å². The standard InChI is InChI=1S/C13H15NO3S/c1-10(2)11-6-3-4-7-12(11)14-9-5-8-13(14)18(15,16)17/h3-10H,1-2H3,(H,15,16,17). The molecule has 0 bridgehead atoms. The van der Waals surface area contributed by atoms with Crippen LogP contribution in [0.2, 0.25) is 0 Å². The third-order valence-electron chi connectivity index (χ3n) is 2.79. The molecule has 1 heterocycles. The minimum absolute atomic E-state index is 0.115. The molecule has 1 aromatic heterocycles. The average molecular weight is 265 g/mol. The van der Waals surface area contributed by atoms with Crippen molar-refractivity contribution in [3.8, 4) is 5.69 Å². The van der Waals surface area contributed by atoms with Gasteiger partial charge in [-0.2, -0.15) is 8.42 Å². The second-order valence-electron chi connectivity index (χ2n) is 4.41. The molecule has 0 unspecified atom stereocenters. The molecule has 2 rings (SSSR count). The van der Waals surface area contributed by atoms with E-state index in [1.807, 2.05) is 38.1 Å². The molecule has 18 heavy (non-hydrogen) atoms. The first kappa shape index (κ1) is 12.9. The topological polar surface area (TPSA) is 59.3 Å². The normalized spacial score (nSPS) is 12.0. The number of rotatable bonds is 3. The molecule has 0 atom stereocenters. The van der Waals surface area contributed by atoms with Gasteiger partial charge in [0, 0.05) is 11.9 Å². The lowest BCUT2D eigenvalue weighted by atomic mass is 10.0. The van der Waals surface area contributed by atoms with Crippen molar-refractivity contribution >= 4 is 10.1 Å². The number of aromatic nitrogens is 1. The monoisotopic (exact) mass is 265 g/mol. The highest BCUT2D eigenvalue weighted by Gasteiger charge is 2.17. The van der Waals surface area contributed by atoms with Gasteiger partial charge in [0.2, 0.25) is 0 Å². The Hall–Kier alpha value is -1.59. The van der Waals surface area contributed by atoms with Crippen molar-refractivity contribution in [3.63, 3.8) is 0 Å². The van der Waals surface area contributed by atoms with E-state index in [1.54, 1.807) is 12.3 Å². The Balaban J connectivity index is 2.68. The average Bonchev–Trinajstić information content (AvgIpc) is 2.77. The van der Waals surface area contributed by atoms with Crippen LogP contribution < -0.4 is 0 Å². The van der Waals surface area contributed by atoms with Crippen LogP contribution in [-0.4, -0.2) is 17.5 Å². The van der Waals surface area contributed by atoms with Crippen LogP contribution in [0.1, 0.15) is 25.3 Å². The summed E-state index contributed by atoms with van der Waals surface area (Å²) in [7, 11) is -4.22. The molecule has 0 amide bonds. The second-order valence-corrected chi connectivity index (χ2v) is 5.77. The summed E-state index contributed by atoms with van der Waals surface area (Å²) in [6.07, 6.45) is 1.63. The number of benzene rings is 1. The first-order valence-corrected chi connectivity index (χ1v) is 7.09. The van der Waals surface area contributed by atoms with Crippen LogP contribution in [0.15, 0.2) is 47.6 Å². The fraction of sp³-hybridized carbons (Fsp3) is 0.231. The second kappa shape index (κ2) is 4.59. The van der Waals surface area contributed by atoms with Gasteiger partial charge in [0.1, 0.15) is 0 Å². The van der Waals surface area contributed by atoms with Gasteiger partial charge in [-0.05, 0) is 29.7 Å². The molecular formula is C13H15NO3S. The maximum atomic E-state index is 11.3. The summed E-state index contributed by atoms with van der Waals surface area (Å²) in [4.78, 5) is 0. The molecule has 0 radical (unpaired) electrons. The van der Waals surface area contributed by atoms with Gasteiger partial charge in [-0.3, -0.25) is 4.55 Å². The highest BCUT2D eigenvalue weighted by Crippen LogP contribution is 2.25. The zero-order chi connectivity index (χ0) is 13.3. The minimum atomic E-state index is -4.22. The lowest BCUT2D eigenvalue weighted by Crippen LogP contribution is -2.08. The van der Waals surface area contributed by atoms with E-state index in [-0.39, 0.29) is 10.9 Å². The summed E-state index contributed by atoms with van der Waals surface area (Å²) in [5.74, 6) is 0.262. The molecule has 0 aliphatic carbocycles. The Morgan fingerprint density at radius 2 is 1.78 bits per heavy atom. The van der Waals surface area contributed by atoms with Gasteiger partial charge in [0.05, 0.1) is 0 Å². The van der Waals surface area contributed by atoms with Crippen molar-refractivity contribution in [1.29, 1.82) is 0 Å². The highest BCUT2D eigenvalue weighted by atomic mass is 32.2. The molecule has 2 aromatic rings. The van der Waals surface area contributed by atoms with Gasteiger partial charge in [-0.15, -0.1) is 0 Å². The smallest absolute Gasteiger partial charge is 0.305 e. The molecule has 0 spiro atoms. The van der Waals surface area contributed by atoms with Crippen LogP contribution >= 0.6 is 0 Å². The molecule has 0 fully saturated rings. The summed E-state index contributed by atoms with van der Waals surface area (Å²) < 4.78 is 33.3. The zero-order valence-electron chi connectivity index (χ0n) is 10.2. The van der Waals surface area contributed by atoms with Crippen molar-refractivity contribution in [1.82, 2.24) is 4.57 Å². The minimum Gasteiger partial charge on any atom is -0.305 e. The van der Waals surface area contributed by atoms with E-state index in [0.717, 1.165) is 11.3 Å². The summed E-state index contributed by atoms with van der Waals surface area (Å²) in [5.41, 5.74) is 1.80. The summed E-state index contributed by atoms with van der Waals surface area (Å²) in [6.45, 7) is 4.07. The third-order valence-corrected chi connectivity index (χ3v) is 3.66. The first-order valence-electron chi connectivity index (χ1n) is 5.65.